The number of nitrogens with zero attached hydrogens (tertiary/aromatic N) is 3. The van der Waals surface area contributed by atoms with Crippen molar-refractivity contribution in [3.05, 3.63) is 54.4 Å². The SMILES string of the molecule is O=C(NC[C@@H]1CCC[C@]2(CCN(c3ncccn3)C2)O1)c1ccccc1.O=C(O)C(F)(F)F. The van der Waals surface area contributed by atoms with Gasteiger partial charge in [0.05, 0.1) is 11.7 Å². The molecule has 0 unspecified atom stereocenters. The summed E-state index contributed by atoms with van der Waals surface area (Å²) in [5.41, 5.74) is 0.547. The van der Waals surface area contributed by atoms with E-state index in [1.165, 1.54) is 0 Å². The van der Waals surface area contributed by atoms with Gasteiger partial charge in [-0.25, -0.2) is 14.8 Å². The number of halogens is 3. The summed E-state index contributed by atoms with van der Waals surface area (Å²) in [6.07, 6.45) is 2.67. The lowest BCUT2D eigenvalue weighted by Gasteiger charge is -2.38. The molecule has 1 aromatic heterocycles. The molecule has 2 aliphatic rings. The van der Waals surface area contributed by atoms with Crippen LogP contribution in [0.3, 0.4) is 0 Å². The first-order valence-electron chi connectivity index (χ1n) is 10.5. The molecule has 2 saturated heterocycles. The van der Waals surface area contributed by atoms with Crippen LogP contribution in [0, 0.1) is 0 Å². The van der Waals surface area contributed by atoms with E-state index in [-0.39, 0.29) is 17.6 Å². The number of carboxylic acids is 1. The molecular weight excluding hydrogens is 441 g/mol. The number of carbonyl (C=O) groups excluding carboxylic acids is 1. The molecule has 33 heavy (non-hydrogen) atoms. The van der Waals surface area contributed by atoms with E-state index in [9.17, 15) is 18.0 Å². The minimum Gasteiger partial charge on any atom is -0.475 e. The van der Waals surface area contributed by atoms with Crippen LogP contribution in [0.15, 0.2) is 48.8 Å². The summed E-state index contributed by atoms with van der Waals surface area (Å²) >= 11 is 0. The van der Waals surface area contributed by atoms with Crippen molar-refractivity contribution in [1.82, 2.24) is 15.3 Å². The van der Waals surface area contributed by atoms with Gasteiger partial charge in [0.25, 0.3) is 5.91 Å². The molecule has 4 rings (SSSR count). The fraction of sp³-hybridized carbons (Fsp3) is 0.455. The molecule has 2 fully saturated rings. The number of aliphatic carboxylic acids is 1. The minimum absolute atomic E-state index is 0.0421. The van der Waals surface area contributed by atoms with Crippen LogP contribution in [0.4, 0.5) is 19.1 Å². The summed E-state index contributed by atoms with van der Waals surface area (Å²) in [6.45, 7) is 2.28. The van der Waals surface area contributed by atoms with Crippen LogP contribution in [-0.2, 0) is 9.53 Å². The maximum Gasteiger partial charge on any atom is 0.490 e. The summed E-state index contributed by atoms with van der Waals surface area (Å²) in [7, 11) is 0. The van der Waals surface area contributed by atoms with E-state index in [4.69, 9.17) is 14.6 Å². The van der Waals surface area contributed by atoms with Crippen LogP contribution < -0.4 is 10.2 Å². The lowest BCUT2D eigenvalue weighted by Crippen LogP contribution is -2.47. The first kappa shape index (κ1) is 24.4. The number of hydrogen-bond acceptors (Lipinski definition) is 6. The average Bonchev–Trinajstić information content (AvgIpc) is 3.21. The van der Waals surface area contributed by atoms with Gasteiger partial charge in [-0.1, -0.05) is 18.2 Å². The van der Waals surface area contributed by atoms with Gasteiger partial charge in [-0.05, 0) is 43.9 Å². The number of nitrogens with one attached hydrogen (secondary N) is 1. The highest BCUT2D eigenvalue weighted by Crippen LogP contribution is 2.37. The van der Waals surface area contributed by atoms with Gasteiger partial charge < -0.3 is 20.1 Å². The fourth-order valence-electron chi connectivity index (χ4n) is 3.94. The van der Waals surface area contributed by atoms with Crippen molar-refractivity contribution in [2.75, 3.05) is 24.5 Å². The smallest absolute Gasteiger partial charge is 0.475 e. The molecule has 2 aliphatic heterocycles. The normalized spacial score (nSPS) is 22.4. The monoisotopic (exact) mass is 466 g/mol. The zero-order valence-corrected chi connectivity index (χ0v) is 17.8. The Hall–Kier alpha value is -3.21. The highest BCUT2D eigenvalue weighted by atomic mass is 19.4. The number of amides is 1. The van der Waals surface area contributed by atoms with Gasteiger partial charge in [0.15, 0.2) is 0 Å². The second-order valence-corrected chi connectivity index (χ2v) is 7.91. The number of benzene rings is 1. The van der Waals surface area contributed by atoms with Crippen molar-refractivity contribution in [1.29, 1.82) is 0 Å². The molecule has 1 aromatic carbocycles. The maximum absolute atomic E-state index is 12.2. The number of ether oxygens (including phenoxy) is 1. The Balaban J connectivity index is 0.000000383. The molecule has 2 N–H and O–H groups in total. The zero-order valence-electron chi connectivity index (χ0n) is 17.8. The molecular formula is C22H25F3N4O4. The topological polar surface area (TPSA) is 105 Å². The average molecular weight is 466 g/mol. The molecule has 0 radical (unpaired) electrons. The molecule has 3 heterocycles. The van der Waals surface area contributed by atoms with Gasteiger partial charge in [0, 0.05) is 37.6 Å². The van der Waals surface area contributed by atoms with Gasteiger partial charge in [-0.2, -0.15) is 13.2 Å². The number of anilines is 1. The minimum atomic E-state index is -5.08. The van der Waals surface area contributed by atoms with Crippen LogP contribution in [-0.4, -0.2) is 64.5 Å². The summed E-state index contributed by atoms with van der Waals surface area (Å²) < 4.78 is 38.2. The van der Waals surface area contributed by atoms with Crippen LogP contribution in [0.5, 0.6) is 0 Å². The lowest BCUT2D eigenvalue weighted by molar-refractivity contribution is -0.192. The number of aromatic nitrogens is 2. The number of carbonyl (C=O) groups is 2. The van der Waals surface area contributed by atoms with Gasteiger partial charge in [0.2, 0.25) is 5.95 Å². The highest BCUT2D eigenvalue weighted by molar-refractivity contribution is 5.94. The predicted molar refractivity (Wildman–Crippen MR) is 113 cm³/mol. The van der Waals surface area contributed by atoms with E-state index >= 15 is 0 Å². The molecule has 1 amide bonds. The van der Waals surface area contributed by atoms with E-state index in [0.29, 0.717) is 12.1 Å². The van der Waals surface area contributed by atoms with E-state index in [1.807, 2.05) is 36.4 Å². The van der Waals surface area contributed by atoms with E-state index in [1.54, 1.807) is 12.4 Å². The number of rotatable bonds is 4. The molecule has 0 saturated carbocycles. The van der Waals surface area contributed by atoms with Crippen molar-refractivity contribution in [2.24, 2.45) is 0 Å². The molecule has 2 aromatic rings. The molecule has 2 atom stereocenters. The molecule has 0 bridgehead atoms. The largest absolute Gasteiger partial charge is 0.490 e. The van der Waals surface area contributed by atoms with Crippen molar-refractivity contribution in [3.63, 3.8) is 0 Å². The maximum atomic E-state index is 12.2. The van der Waals surface area contributed by atoms with E-state index < -0.39 is 12.1 Å². The van der Waals surface area contributed by atoms with Crippen LogP contribution in [0.2, 0.25) is 0 Å². The van der Waals surface area contributed by atoms with Crippen molar-refractivity contribution in [3.8, 4) is 0 Å². The first-order valence-corrected chi connectivity index (χ1v) is 10.5. The first-order chi connectivity index (χ1) is 15.7. The molecule has 1 spiro atoms. The van der Waals surface area contributed by atoms with Gasteiger partial charge >= 0.3 is 12.1 Å². The Labute approximate surface area is 188 Å². The molecule has 0 aliphatic carbocycles. The third-order valence-corrected chi connectivity index (χ3v) is 5.50. The summed E-state index contributed by atoms with van der Waals surface area (Å²) in [4.78, 5) is 32.0. The van der Waals surface area contributed by atoms with Gasteiger partial charge in [0.1, 0.15) is 0 Å². The number of alkyl halides is 3. The van der Waals surface area contributed by atoms with Gasteiger partial charge in [-0.15, -0.1) is 0 Å². The summed E-state index contributed by atoms with van der Waals surface area (Å²) in [5.74, 6) is -2.03. The van der Waals surface area contributed by atoms with Crippen LogP contribution in [0.25, 0.3) is 0 Å². The lowest BCUT2D eigenvalue weighted by atomic mass is 9.90. The Morgan fingerprint density at radius 2 is 1.82 bits per heavy atom. The van der Waals surface area contributed by atoms with E-state index in [0.717, 1.165) is 44.7 Å². The van der Waals surface area contributed by atoms with Crippen molar-refractivity contribution in [2.45, 2.75) is 43.6 Å². The second kappa shape index (κ2) is 10.6. The zero-order chi connectivity index (χ0) is 23.9. The van der Waals surface area contributed by atoms with Crippen molar-refractivity contribution >= 4 is 17.8 Å². The molecule has 11 heteroatoms. The highest BCUT2D eigenvalue weighted by Gasteiger charge is 2.43. The quantitative estimate of drug-likeness (QED) is 0.714. The Morgan fingerprint density at radius 3 is 2.45 bits per heavy atom. The third-order valence-electron chi connectivity index (χ3n) is 5.50. The predicted octanol–water partition coefficient (Wildman–Crippen LogP) is 3.06. The summed E-state index contributed by atoms with van der Waals surface area (Å²) in [5, 5.41) is 10.1. The Morgan fingerprint density at radius 1 is 1.15 bits per heavy atom. The van der Waals surface area contributed by atoms with Crippen molar-refractivity contribution < 1.29 is 32.6 Å². The van der Waals surface area contributed by atoms with Crippen LogP contribution in [0.1, 0.15) is 36.0 Å². The Bertz CT molecular complexity index is 930. The second-order valence-electron chi connectivity index (χ2n) is 7.91. The third kappa shape index (κ3) is 6.88. The van der Waals surface area contributed by atoms with E-state index in [2.05, 4.69) is 20.2 Å². The Kier molecular flexibility index (Phi) is 7.85. The van der Waals surface area contributed by atoms with Gasteiger partial charge in [-0.3, -0.25) is 4.79 Å². The molecule has 8 nitrogen and oxygen atoms in total. The number of carboxylic acid groups (broad SMARTS) is 1. The number of hydrogen-bond donors (Lipinski definition) is 2. The fourth-order valence-corrected chi connectivity index (χ4v) is 3.94. The standard InChI is InChI=1S/C20H24N4O2.C2HF3O2/c25-18(16-6-2-1-3-7-16)23-14-17-8-4-9-20(26-17)10-13-24(15-20)19-21-11-5-12-22-19;3-2(4,5)1(6)7/h1-3,5-7,11-12,17H,4,8-10,13-15H2,(H,23,25);(H,6,7)/t17-,20+;/m0./s1. The molecule has 178 valence electrons. The summed E-state index contributed by atoms with van der Waals surface area (Å²) in [6, 6.07) is 11.1. The van der Waals surface area contributed by atoms with Crippen LogP contribution >= 0.6 is 0 Å².